The van der Waals surface area contributed by atoms with Gasteiger partial charge in [0, 0.05) is 33.5 Å². The van der Waals surface area contributed by atoms with Crippen LogP contribution in [-0.2, 0) is 24.7 Å². The standard InChI is InChI=1S/C24H23FN4O10/c1-11(30)37-17-9-14(10-18(38-12(2)31)19(17)39-13(3)32)24(27-22(34)35)20(26)29(23(36)28(4)21(24)33)16-7-5-15(25)6-8-16/h5-10,20,27H,26H2,1-4H3,(H,34,35). The number of likely N-dealkylation sites (N-methyl/N-ethyl adjacent to an activating group) is 1. The molecule has 0 bridgehead atoms. The molecule has 1 aliphatic rings. The Labute approximate surface area is 220 Å². The topological polar surface area (TPSA) is 195 Å². The van der Waals surface area contributed by atoms with E-state index in [4.69, 9.17) is 19.9 Å². The molecule has 1 fully saturated rings. The minimum Gasteiger partial charge on any atom is -0.465 e. The Morgan fingerprint density at radius 3 is 1.87 bits per heavy atom. The Kier molecular flexibility index (Phi) is 7.86. The van der Waals surface area contributed by atoms with Crippen LogP contribution in [-0.4, -0.2) is 59.2 Å². The number of esters is 3. The molecule has 15 heteroatoms. The third kappa shape index (κ3) is 5.47. The molecule has 0 saturated carbocycles. The van der Waals surface area contributed by atoms with Gasteiger partial charge in [-0.15, -0.1) is 0 Å². The molecule has 1 heterocycles. The van der Waals surface area contributed by atoms with Gasteiger partial charge in [-0.2, -0.15) is 0 Å². The molecule has 1 saturated heterocycles. The van der Waals surface area contributed by atoms with Gasteiger partial charge in [-0.05, 0) is 42.0 Å². The monoisotopic (exact) mass is 546 g/mol. The molecule has 2 unspecified atom stereocenters. The van der Waals surface area contributed by atoms with Gasteiger partial charge in [-0.25, -0.2) is 14.0 Å². The fourth-order valence-electron chi connectivity index (χ4n) is 4.00. The average molecular weight is 546 g/mol. The van der Waals surface area contributed by atoms with E-state index in [1.54, 1.807) is 0 Å². The summed E-state index contributed by atoms with van der Waals surface area (Å²) in [5.41, 5.74) is 3.52. The predicted octanol–water partition coefficient (Wildman–Crippen LogP) is 1.45. The van der Waals surface area contributed by atoms with Crippen molar-refractivity contribution in [3.8, 4) is 17.2 Å². The second kappa shape index (κ2) is 10.7. The summed E-state index contributed by atoms with van der Waals surface area (Å²) in [6.07, 6.45) is -3.59. The number of carbonyl (C=O) groups is 6. The van der Waals surface area contributed by atoms with Crippen molar-refractivity contribution in [1.82, 2.24) is 10.2 Å². The van der Waals surface area contributed by atoms with Crippen LogP contribution in [0.5, 0.6) is 17.2 Å². The van der Waals surface area contributed by atoms with Crippen LogP contribution in [0.15, 0.2) is 36.4 Å². The normalized spacial score (nSPS) is 18.9. The molecule has 2 aromatic carbocycles. The zero-order valence-electron chi connectivity index (χ0n) is 21.0. The molecular formula is C24H23FN4O10. The van der Waals surface area contributed by atoms with E-state index in [-0.39, 0.29) is 11.3 Å². The van der Waals surface area contributed by atoms with E-state index < -0.39 is 70.7 Å². The summed E-state index contributed by atoms with van der Waals surface area (Å²) in [5, 5.41) is 11.8. The van der Waals surface area contributed by atoms with E-state index in [0.29, 0.717) is 4.90 Å². The number of hydrogen-bond acceptors (Lipinski definition) is 10. The van der Waals surface area contributed by atoms with E-state index in [1.165, 1.54) is 12.1 Å². The number of carbonyl (C=O) groups excluding carboxylic acids is 5. The molecule has 1 aliphatic heterocycles. The number of hydrogen-bond donors (Lipinski definition) is 3. The maximum atomic E-state index is 13.7. The van der Waals surface area contributed by atoms with Gasteiger partial charge in [0.25, 0.3) is 5.91 Å². The van der Waals surface area contributed by atoms with Gasteiger partial charge in [-0.3, -0.25) is 29.0 Å². The maximum Gasteiger partial charge on any atom is 0.405 e. The van der Waals surface area contributed by atoms with Gasteiger partial charge in [0.05, 0.1) is 0 Å². The number of imide groups is 1. The largest absolute Gasteiger partial charge is 0.465 e. The molecule has 2 aromatic rings. The highest BCUT2D eigenvalue weighted by atomic mass is 19.1. The first-order valence-corrected chi connectivity index (χ1v) is 11.1. The summed E-state index contributed by atoms with van der Waals surface area (Å²) in [6.45, 7) is 3.01. The number of rotatable bonds is 6. The quantitative estimate of drug-likeness (QED) is 0.350. The van der Waals surface area contributed by atoms with Gasteiger partial charge < -0.3 is 30.4 Å². The number of carboxylic acid groups (broad SMARTS) is 1. The van der Waals surface area contributed by atoms with Crippen LogP contribution in [0.4, 0.5) is 19.7 Å². The summed E-state index contributed by atoms with van der Waals surface area (Å²) in [5.74, 6) is -6.15. The second-order valence-corrected chi connectivity index (χ2v) is 8.26. The molecule has 39 heavy (non-hydrogen) atoms. The fourth-order valence-corrected chi connectivity index (χ4v) is 4.00. The molecule has 14 nitrogen and oxygen atoms in total. The number of halogens is 1. The van der Waals surface area contributed by atoms with E-state index in [0.717, 1.165) is 57.0 Å². The second-order valence-electron chi connectivity index (χ2n) is 8.26. The minimum atomic E-state index is -2.53. The molecule has 0 aromatic heterocycles. The van der Waals surface area contributed by atoms with Gasteiger partial charge >= 0.3 is 30.0 Å². The number of nitrogens with zero attached hydrogens (tertiary/aromatic N) is 2. The first kappa shape index (κ1) is 28.5. The summed E-state index contributed by atoms with van der Waals surface area (Å²) < 4.78 is 28.9. The summed E-state index contributed by atoms with van der Waals surface area (Å²) in [4.78, 5) is 75.7. The van der Waals surface area contributed by atoms with Crippen molar-refractivity contribution in [3.63, 3.8) is 0 Å². The molecule has 0 radical (unpaired) electrons. The van der Waals surface area contributed by atoms with Crippen molar-refractivity contribution in [2.24, 2.45) is 5.73 Å². The van der Waals surface area contributed by atoms with Crippen molar-refractivity contribution in [2.45, 2.75) is 32.5 Å². The zero-order chi connectivity index (χ0) is 29.2. The van der Waals surface area contributed by atoms with E-state index in [1.807, 2.05) is 5.32 Å². The third-order valence-corrected chi connectivity index (χ3v) is 5.49. The highest BCUT2D eigenvalue weighted by molar-refractivity contribution is 6.11. The van der Waals surface area contributed by atoms with E-state index in [9.17, 15) is 38.3 Å². The lowest BCUT2D eigenvalue weighted by Crippen LogP contribution is -2.76. The van der Waals surface area contributed by atoms with Crippen molar-refractivity contribution < 1.29 is 52.5 Å². The Hall–Kier alpha value is -5.05. The Morgan fingerprint density at radius 1 is 0.949 bits per heavy atom. The smallest absolute Gasteiger partial charge is 0.405 e. The first-order valence-electron chi connectivity index (χ1n) is 11.1. The minimum absolute atomic E-state index is 0.00164. The summed E-state index contributed by atoms with van der Waals surface area (Å²) in [6, 6.07) is 5.35. The molecule has 0 aliphatic carbocycles. The first-order chi connectivity index (χ1) is 18.2. The fraction of sp³-hybridized carbons (Fsp3) is 0.250. The van der Waals surface area contributed by atoms with Crippen molar-refractivity contribution in [3.05, 3.63) is 47.8 Å². The molecule has 3 rings (SSSR count). The lowest BCUT2D eigenvalue weighted by molar-refractivity contribution is -0.137. The van der Waals surface area contributed by atoms with Gasteiger partial charge in [0.2, 0.25) is 5.75 Å². The highest BCUT2D eigenvalue weighted by Gasteiger charge is 2.58. The number of anilines is 1. The molecule has 2 atom stereocenters. The lowest BCUT2D eigenvalue weighted by Gasteiger charge is -2.49. The van der Waals surface area contributed by atoms with Crippen LogP contribution in [0.2, 0.25) is 0 Å². The molecule has 206 valence electrons. The maximum absolute atomic E-state index is 13.7. The molecular weight excluding hydrogens is 523 g/mol. The van der Waals surface area contributed by atoms with Gasteiger partial charge in [0.1, 0.15) is 12.0 Å². The number of amides is 4. The Balaban J connectivity index is 2.39. The summed E-state index contributed by atoms with van der Waals surface area (Å²) >= 11 is 0. The van der Waals surface area contributed by atoms with Crippen molar-refractivity contribution in [1.29, 1.82) is 0 Å². The number of ether oxygens (including phenoxy) is 3. The molecule has 4 N–H and O–H groups in total. The van der Waals surface area contributed by atoms with Crippen molar-refractivity contribution >= 4 is 41.6 Å². The van der Waals surface area contributed by atoms with Gasteiger partial charge in [-0.1, -0.05) is 0 Å². The van der Waals surface area contributed by atoms with E-state index >= 15 is 0 Å². The summed E-state index contributed by atoms with van der Waals surface area (Å²) in [7, 11) is 1.05. The average Bonchev–Trinajstić information content (AvgIpc) is 2.82. The molecule has 0 spiro atoms. The SMILES string of the molecule is CC(=O)Oc1cc(C2(NC(=O)O)C(=O)N(C)C(=O)N(c3ccc(F)cc3)C2N)cc(OC(C)=O)c1OC(C)=O. The Morgan fingerprint density at radius 2 is 1.44 bits per heavy atom. The van der Waals surface area contributed by atoms with Crippen LogP contribution in [0.1, 0.15) is 26.3 Å². The third-order valence-electron chi connectivity index (χ3n) is 5.49. The van der Waals surface area contributed by atoms with Crippen LogP contribution >= 0.6 is 0 Å². The van der Waals surface area contributed by atoms with Crippen LogP contribution in [0.25, 0.3) is 0 Å². The highest BCUT2D eigenvalue weighted by Crippen LogP contribution is 2.45. The van der Waals surface area contributed by atoms with E-state index in [2.05, 4.69) is 0 Å². The number of nitrogens with one attached hydrogen (secondary N) is 1. The van der Waals surface area contributed by atoms with Crippen molar-refractivity contribution in [2.75, 3.05) is 11.9 Å². The van der Waals surface area contributed by atoms with Crippen LogP contribution < -0.4 is 30.2 Å². The zero-order valence-corrected chi connectivity index (χ0v) is 21.0. The Bertz CT molecular complexity index is 1340. The van der Waals surface area contributed by atoms with Crippen LogP contribution in [0, 0.1) is 5.82 Å². The molecule has 4 amide bonds. The predicted molar refractivity (Wildman–Crippen MR) is 128 cm³/mol. The number of benzene rings is 2. The van der Waals surface area contributed by atoms with Gasteiger partial charge in [0.15, 0.2) is 17.0 Å². The lowest BCUT2D eigenvalue weighted by atomic mass is 9.82. The van der Waals surface area contributed by atoms with Crippen LogP contribution in [0.3, 0.4) is 0 Å². The number of nitrogens with two attached hydrogens (primary N) is 1. The number of urea groups is 1.